The Morgan fingerprint density at radius 2 is 1.97 bits per heavy atom. The summed E-state index contributed by atoms with van der Waals surface area (Å²) in [6.07, 6.45) is 1.87. The minimum absolute atomic E-state index is 0.0759. The van der Waals surface area contributed by atoms with Gasteiger partial charge in [0.05, 0.1) is 17.4 Å². The number of nitrogens with one attached hydrogen (secondary N) is 2. The molecule has 0 spiro atoms. The van der Waals surface area contributed by atoms with Crippen LogP contribution in [-0.4, -0.2) is 64.9 Å². The highest BCUT2D eigenvalue weighted by Gasteiger charge is 2.47. The van der Waals surface area contributed by atoms with E-state index in [0.717, 1.165) is 29.9 Å². The zero-order valence-electron chi connectivity index (χ0n) is 19.5. The van der Waals surface area contributed by atoms with Crippen LogP contribution in [-0.2, 0) is 5.41 Å². The number of carbonyl (C=O) groups is 1. The molecule has 3 aromatic rings. The van der Waals surface area contributed by atoms with Crippen molar-refractivity contribution in [2.75, 3.05) is 32.0 Å². The van der Waals surface area contributed by atoms with Crippen molar-refractivity contribution in [3.63, 3.8) is 0 Å². The van der Waals surface area contributed by atoms with E-state index in [0.29, 0.717) is 36.5 Å². The van der Waals surface area contributed by atoms with Crippen molar-refractivity contribution in [1.82, 2.24) is 25.4 Å². The third kappa shape index (κ3) is 4.50. The van der Waals surface area contributed by atoms with E-state index in [9.17, 15) is 9.18 Å². The number of pyridine rings is 1. The summed E-state index contributed by atoms with van der Waals surface area (Å²) in [4.78, 5) is 19.3. The van der Waals surface area contributed by atoms with Crippen molar-refractivity contribution in [3.05, 3.63) is 71.5 Å². The Bertz CT molecular complexity index is 1170. The van der Waals surface area contributed by atoms with Crippen LogP contribution >= 0.6 is 0 Å². The average molecular weight is 461 g/mol. The first-order chi connectivity index (χ1) is 16.4. The maximum Gasteiger partial charge on any atom is 0.251 e. The number of hydrogen-bond donors (Lipinski definition) is 2. The number of aryl methyl sites for hydroxylation is 1. The number of hydrogen-bond acceptors (Lipinski definition) is 6. The maximum atomic E-state index is 13.9. The molecule has 2 N–H and O–H groups in total. The number of amides is 1. The van der Waals surface area contributed by atoms with Gasteiger partial charge in [0, 0.05) is 42.4 Å². The van der Waals surface area contributed by atoms with E-state index in [1.165, 1.54) is 0 Å². The maximum absolute atomic E-state index is 13.9. The van der Waals surface area contributed by atoms with Crippen LogP contribution in [0.25, 0.3) is 11.3 Å². The molecule has 1 saturated heterocycles. The molecular weight excluding hydrogens is 431 g/mol. The molecule has 2 fully saturated rings. The fraction of sp³-hybridized carbons (Fsp3) is 0.385. The second kappa shape index (κ2) is 9.10. The van der Waals surface area contributed by atoms with Gasteiger partial charge in [0.25, 0.3) is 5.91 Å². The van der Waals surface area contributed by atoms with Gasteiger partial charge in [-0.3, -0.25) is 9.78 Å². The van der Waals surface area contributed by atoms with Crippen molar-refractivity contribution >= 4 is 11.7 Å². The zero-order chi connectivity index (χ0) is 23.7. The predicted molar refractivity (Wildman–Crippen MR) is 129 cm³/mol. The molecule has 0 unspecified atom stereocenters. The lowest BCUT2D eigenvalue weighted by Crippen LogP contribution is -2.57. The molecule has 2 aliphatic rings. The number of halogens is 1. The Hall–Kier alpha value is -3.39. The van der Waals surface area contributed by atoms with Gasteiger partial charge in [-0.25, -0.2) is 4.39 Å². The highest BCUT2D eigenvalue weighted by atomic mass is 19.1. The smallest absolute Gasteiger partial charge is 0.251 e. The van der Waals surface area contributed by atoms with Gasteiger partial charge in [-0.1, -0.05) is 18.2 Å². The third-order valence-electron chi connectivity index (χ3n) is 6.83. The number of rotatable bonds is 7. The van der Waals surface area contributed by atoms with E-state index in [1.807, 2.05) is 56.4 Å². The van der Waals surface area contributed by atoms with Crippen LogP contribution in [0.2, 0.25) is 0 Å². The Kier molecular flexibility index (Phi) is 6.00. The molecule has 3 heterocycles. The van der Waals surface area contributed by atoms with Crippen molar-refractivity contribution in [2.45, 2.75) is 37.4 Å². The number of likely N-dealkylation sites (tertiary alicyclic amines) is 1. The number of alkyl halides is 1. The minimum Gasteiger partial charge on any atom is -0.368 e. The lowest BCUT2D eigenvalue weighted by molar-refractivity contribution is 0.0857. The Morgan fingerprint density at radius 1 is 1.15 bits per heavy atom. The van der Waals surface area contributed by atoms with Crippen molar-refractivity contribution in [2.24, 2.45) is 0 Å². The molecule has 1 amide bonds. The summed E-state index contributed by atoms with van der Waals surface area (Å²) in [5, 5.41) is 15.1. The summed E-state index contributed by atoms with van der Waals surface area (Å²) in [6, 6.07) is 15.3. The molecular formula is C26H29FN6O. The largest absolute Gasteiger partial charge is 0.368 e. The van der Waals surface area contributed by atoms with Gasteiger partial charge in [-0.2, -0.15) is 0 Å². The molecule has 0 radical (unpaired) electrons. The number of likely N-dealkylation sites (N-methyl/N-ethyl adjacent to an activating group) is 1. The van der Waals surface area contributed by atoms with E-state index in [-0.39, 0.29) is 17.4 Å². The van der Waals surface area contributed by atoms with Gasteiger partial charge < -0.3 is 15.5 Å². The molecule has 2 aromatic heterocycles. The molecule has 1 aliphatic heterocycles. The zero-order valence-corrected chi connectivity index (χ0v) is 19.5. The van der Waals surface area contributed by atoms with Crippen LogP contribution in [0.5, 0.6) is 0 Å². The van der Waals surface area contributed by atoms with Crippen LogP contribution in [0.4, 0.5) is 10.2 Å². The lowest BCUT2D eigenvalue weighted by Gasteiger charge is -2.44. The van der Waals surface area contributed by atoms with Crippen LogP contribution in [0.1, 0.15) is 34.5 Å². The van der Waals surface area contributed by atoms with Gasteiger partial charge in [-0.05, 0) is 62.7 Å². The molecule has 5 rings (SSSR count). The molecule has 1 aliphatic carbocycles. The molecule has 1 aromatic carbocycles. The quantitative estimate of drug-likeness (QED) is 0.563. The fourth-order valence-electron chi connectivity index (χ4n) is 4.97. The lowest BCUT2D eigenvalue weighted by atomic mass is 9.64. The molecule has 176 valence electrons. The monoisotopic (exact) mass is 460 g/mol. The summed E-state index contributed by atoms with van der Waals surface area (Å²) in [7, 11) is 2.03. The average Bonchev–Trinajstić information content (AvgIpc) is 2.81. The van der Waals surface area contributed by atoms with Crippen molar-refractivity contribution in [1.29, 1.82) is 0 Å². The van der Waals surface area contributed by atoms with Gasteiger partial charge in [0.15, 0.2) is 0 Å². The SMILES string of the molecule is Cc1cccnc1[C@]1(CNc2ccc(-c3cccc(C(=O)NC4CN(C)C4)c3)nn2)C[C@@H](F)C1. The third-order valence-corrected chi connectivity index (χ3v) is 6.83. The second-order valence-electron chi connectivity index (χ2n) is 9.58. The van der Waals surface area contributed by atoms with E-state index in [1.54, 1.807) is 12.3 Å². The summed E-state index contributed by atoms with van der Waals surface area (Å²) < 4.78 is 13.9. The summed E-state index contributed by atoms with van der Waals surface area (Å²) in [5.74, 6) is 0.551. The first-order valence-corrected chi connectivity index (χ1v) is 11.7. The number of benzene rings is 1. The fourth-order valence-corrected chi connectivity index (χ4v) is 4.97. The highest BCUT2D eigenvalue weighted by molar-refractivity contribution is 5.95. The first-order valence-electron chi connectivity index (χ1n) is 11.7. The van der Waals surface area contributed by atoms with Crippen LogP contribution < -0.4 is 10.6 Å². The Balaban J connectivity index is 1.25. The molecule has 1 saturated carbocycles. The normalized spacial score (nSPS) is 22.5. The van der Waals surface area contributed by atoms with Crippen LogP contribution in [0.15, 0.2) is 54.7 Å². The molecule has 0 bridgehead atoms. The summed E-state index contributed by atoms with van der Waals surface area (Å²) >= 11 is 0. The van der Waals surface area contributed by atoms with Crippen LogP contribution in [0.3, 0.4) is 0 Å². The second-order valence-corrected chi connectivity index (χ2v) is 9.58. The highest BCUT2D eigenvalue weighted by Crippen LogP contribution is 2.45. The van der Waals surface area contributed by atoms with E-state index in [4.69, 9.17) is 0 Å². The van der Waals surface area contributed by atoms with E-state index < -0.39 is 6.17 Å². The van der Waals surface area contributed by atoms with Crippen LogP contribution in [0, 0.1) is 6.92 Å². The Morgan fingerprint density at radius 3 is 2.65 bits per heavy atom. The molecule has 0 atom stereocenters. The van der Waals surface area contributed by atoms with Gasteiger partial charge in [0.1, 0.15) is 12.0 Å². The standard InChI is InChI=1S/C26H29FN6O/c1-17-5-4-10-28-24(17)26(12-20(27)13-26)16-29-23-9-8-22(31-32-23)18-6-3-7-19(11-18)25(34)30-21-14-33(2)15-21/h3-11,20-21H,12-16H2,1-2H3,(H,29,32)(H,30,34)/t20-,26-. The number of anilines is 1. The number of carbonyl (C=O) groups excluding carboxylic acids is 1. The van der Waals surface area contributed by atoms with E-state index >= 15 is 0 Å². The van der Waals surface area contributed by atoms with Crippen molar-refractivity contribution < 1.29 is 9.18 Å². The molecule has 34 heavy (non-hydrogen) atoms. The predicted octanol–water partition coefficient (Wildman–Crippen LogP) is 3.37. The molecule has 7 nitrogen and oxygen atoms in total. The molecule has 8 heteroatoms. The first kappa shape index (κ1) is 22.4. The number of aromatic nitrogens is 3. The number of nitrogens with zero attached hydrogens (tertiary/aromatic N) is 4. The van der Waals surface area contributed by atoms with E-state index in [2.05, 4.69) is 30.7 Å². The van der Waals surface area contributed by atoms with Crippen molar-refractivity contribution in [3.8, 4) is 11.3 Å². The summed E-state index contributed by atoms with van der Waals surface area (Å²) in [5.41, 5.74) is 3.82. The summed E-state index contributed by atoms with van der Waals surface area (Å²) in [6.45, 7) is 4.31. The minimum atomic E-state index is -0.800. The topological polar surface area (TPSA) is 83.0 Å². The Labute approximate surface area is 198 Å². The van der Waals surface area contributed by atoms with Gasteiger partial charge >= 0.3 is 0 Å². The van der Waals surface area contributed by atoms with Gasteiger partial charge in [0.2, 0.25) is 0 Å². The van der Waals surface area contributed by atoms with Gasteiger partial charge in [-0.15, -0.1) is 10.2 Å².